The van der Waals surface area contributed by atoms with Crippen LogP contribution in [0, 0.1) is 0 Å². The van der Waals surface area contributed by atoms with Gasteiger partial charge in [-0.3, -0.25) is 5.01 Å². The third-order valence-corrected chi connectivity index (χ3v) is 5.48. The van der Waals surface area contributed by atoms with Crippen molar-refractivity contribution in [3.8, 4) is 17.0 Å². The summed E-state index contributed by atoms with van der Waals surface area (Å²) < 4.78 is 0. The molecular weight excluding hydrogens is 348 g/mol. The van der Waals surface area contributed by atoms with E-state index in [4.69, 9.17) is 11.6 Å². The van der Waals surface area contributed by atoms with Crippen LogP contribution in [-0.2, 0) is 0 Å². The van der Waals surface area contributed by atoms with Crippen LogP contribution < -0.4 is 5.01 Å². The maximum atomic E-state index is 10.1. The second kappa shape index (κ2) is 6.71. The zero-order valence-corrected chi connectivity index (χ0v) is 16.9. The highest BCUT2D eigenvalue weighted by atomic mass is 35.5. The zero-order chi connectivity index (χ0) is 19.1. The fourth-order valence-corrected chi connectivity index (χ4v) is 4.43. The predicted octanol–water partition coefficient (Wildman–Crippen LogP) is 4.90. The summed E-state index contributed by atoms with van der Waals surface area (Å²) in [6.07, 6.45) is 3.51. The van der Waals surface area contributed by atoms with Crippen LogP contribution in [0.5, 0.6) is 5.75 Å². The van der Waals surface area contributed by atoms with Gasteiger partial charge in [0.05, 0.1) is 5.69 Å². The number of anilines is 1. The van der Waals surface area contributed by atoms with Gasteiger partial charge in [-0.2, -0.15) is 0 Å². The fourth-order valence-electron chi connectivity index (χ4n) is 4.26. The van der Waals surface area contributed by atoms with E-state index in [-0.39, 0.29) is 16.8 Å². The summed E-state index contributed by atoms with van der Waals surface area (Å²) in [4.78, 5) is 0. The fraction of sp³-hybridized carbons (Fsp3) is 0.500. The Morgan fingerprint density at radius 1 is 1.04 bits per heavy atom. The number of benzene rings is 1. The number of hydrogen-bond donors (Lipinski definition) is 1. The molecule has 0 amide bonds. The number of aromatic nitrogens is 2. The van der Waals surface area contributed by atoms with Crippen molar-refractivity contribution >= 4 is 17.4 Å². The lowest BCUT2D eigenvalue weighted by atomic mass is 9.81. The lowest BCUT2D eigenvalue weighted by Crippen LogP contribution is -2.64. The van der Waals surface area contributed by atoms with Gasteiger partial charge in [0, 0.05) is 28.7 Å². The third kappa shape index (κ3) is 3.51. The Labute approximate surface area is 160 Å². The lowest BCUT2D eigenvalue weighted by Gasteiger charge is -2.56. The number of hydrazine groups is 1. The second-order valence-electron chi connectivity index (χ2n) is 8.25. The molecule has 0 aliphatic carbocycles. The van der Waals surface area contributed by atoms with Gasteiger partial charge in [0.2, 0.25) is 0 Å². The minimum absolute atomic E-state index is 0.0469. The van der Waals surface area contributed by atoms with Crippen molar-refractivity contribution < 1.29 is 5.11 Å². The van der Waals surface area contributed by atoms with Gasteiger partial charge in [-0.15, -0.1) is 10.2 Å². The molecule has 1 aliphatic rings. The molecule has 0 radical (unpaired) electrons. The van der Waals surface area contributed by atoms with Crippen LogP contribution in [0.15, 0.2) is 30.3 Å². The van der Waals surface area contributed by atoms with E-state index in [1.807, 2.05) is 19.2 Å². The Bertz CT molecular complexity index is 773. The quantitative estimate of drug-likeness (QED) is 0.828. The number of nitrogens with zero attached hydrogens (tertiary/aromatic N) is 4. The van der Waals surface area contributed by atoms with E-state index in [9.17, 15) is 5.11 Å². The molecule has 1 aromatic carbocycles. The standard InChI is InChI=1S/C20H27ClN4O/c1-19(2)11-6-12-20(3,4)25(19)24(5)18-10-9-16(22-23-18)15-8-7-14(21)13-17(15)26/h7-10,13,26H,6,11-12H2,1-5H3. The summed E-state index contributed by atoms with van der Waals surface area (Å²) in [6, 6.07) is 8.82. The van der Waals surface area contributed by atoms with Crippen LogP contribution in [0.25, 0.3) is 11.3 Å². The Morgan fingerprint density at radius 2 is 1.69 bits per heavy atom. The summed E-state index contributed by atoms with van der Waals surface area (Å²) in [5.41, 5.74) is 1.33. The molecule has 1 saturated heterocycles. The van der Waals surface area contributed by atoms with Crippen LogP contribution in [-0.4, -0.2) is 38.4 Å². The van der Waals surface area contributed by atoms with Gasteiger partial charge < -0.3 is 5.11 Å². The number of halogens is 1. The number of aromatic hydroxyl groups is 1. The molecule has 5 nitrogen and oxygen atoms in total. The van der Waals surface area contributed by atoms with Crippen molar-refractivity contribution in [2.45, 2.75) is 58.0 Å². The average molecular weight is 375 g/mol. The van der Waals surface area contributed by atoms with Crippen LogP contribution in [0.2, 0.25) is 5.02 Å². The smallest absolute Gasteiger partial charge is 0.165 e. The largest absolute Gasteiger partial charge is 0.507 e. The first-order valence-corrected chi connectivity index (χ1v) is 9.36. The highest BCUT2D eigenvalue weighted by Crippen LogP contribution is 2.40. The molecule has 6 heteroatoms. The van der Waals surface area contributed by atoms with E-state index in [1.54, 1.807) is 12.1 Å². The first-order chi connectivity index (χ1) is 12.1. The molecule has 140 valence electrons. The number of hydrogen-bond acceptors (Lipinski definition) is 5. The van der Waals surface area contributed by atoms with Crippen molar-refractivity contribution in [2.75, 3.05) is 12.1 Å². The maximum absolute atomic E-state index is 10.1. The summed E-state index contributed by atoms with van der Waals surface area (Å²) in [5.74, 6) is 0.886. The van der Waals surface area contributed by atoms with E-state index in [1.165, 1.54) is 12.5 Å². The van der Waals surface area contributed by atoms with Crippen LogP contribution in [0.1, 0.15) is 47.0 Å². The van der Waals surface area contributed by atoms with Gasteiger partial charge in [0.15, 0.2) is 5.82 Å². The Morgan fingerprint density at radius 3 is 2.23 bits per heavy atom. The molecule has 0 bridgehead atoms. The molecule has 0 spiro atoms. The molecule has 0 atom stereocenters. The molecular formula is C20H27ClN4O. The van der Waals surface area contributed by atoms with Gasteiger partial charge in [-0.25, -0.2) is 5.01 Å². The van der Waals surface area contributed by atoms with Crippen molar-refractivity contribution in [3.63, 3.8) is 0 Å². The monoisotopic (exact) mass is 374 g/mol. The summed E-state index contributed by atoms with van der Waals surface area (Å²) in [7, 11) is 2.04. The van der Waals surface area contributed by atoms with Crippen LogP contribution in [0.4, 0.5) is 5.82 Å². The number of phenolic OH excluding ortho intramolecular Hbond substituents is 1. The van der Waals surface area contributed by atoms with Crippen molar-refractivity contribution in [1.29, 1.82) is 0 Å². The molecule has 1 aliphatic heterocycles. The zero-order valence-electron chi connectivity index (χ0n) is 16.1. The van der Waals surface area contributed by atoms with E-state index < -0.39 is 0 Å². The van der Waals surface area contributed by atoms with Crippen LogP contribution >= 0.6 is 11.6 Å². The molecule has 3 rings (SSSR count). The van der Waals surface area contributed by atoms with E-state index in [0.29, 0.717) is 16.3 Å². The first kappa shape index (κ1) is 18.9. The minimum Gasteiger partial charge on any atom is -0.507 e. The summed E-state index contributed by atoms with van der Waals surface area (Å²) in [5, 5.41) is 23.8. The van der Waals surface area contributed by atoms with E-state index in [2.05, 4.69) is 47.9 Å². The predicted molar refractivity (Wildman–Crippen MR) is 106 cm³/mol. The highest BCUT2D eigenvalue weighted by molar-refractivity contribution is 6.30. The molecule has 1 fully saturated rings. The molecule has 2 aromatic rings. The van der Waals surface area contributed by atoms with Crippen molar-refractivity contribution in [3.05, 3.63) is 35.4 Å². The van der Waals surface area contributed by atoms with Crippen molar-refractivity contribution in [2.24, 2.45) is 0 Å². The summed E-state index contributed by atoms with van der Waals surface area (Å²) >= 11 is 5.90. The Balaban J connectivity index is 1.90. The number of phenols is 1. The van der Waals surface area contributed by atoms with Gasteiger partial charge in [0.25, 0.3) is 0 Å². The van der Waals surface area contributed by atoms with Gasteiger partial charge in [-0.05, 0) is 77.3 Å². The van der Waals surface area contributed by atoms with Crippen molar-refractivity contribution in [1.82, 2.24) is 15.2 Å². The first-order valence-electron chi connectivity index (χ1n) is 8.98. The summed E-state index contributed by atoms with van der Waals surface area (Å²) in [6.45, 7) is 9.10. The minimum atomic E-state index is 0.0469. The Hall–Kier alpha value is -1.85. The van der Waals surface area contributed by atoms with Crippen LogP contribution in [0.3, 0.4) is 0 Å². The molecule has 0 unspecified atom stereocenters. The average Bonchev–Trinajstić information content (AvgIpc) is 2.53. The van der Waals surface area contributed by atoms with E-state index >= 15 is 0 Å². The molecule has 1 aromatic heterocycles. The van der Waals surface area contributed by atoms with Gasteiger partial charge in [0.1, 0.15) is 5.75 Å². The third-order valence-electron chi connectivity index (χ3n) is 5.24. The second-order valence-corrected chi connectivity index (χ2v) is 8.69. The van der Waals surface area contributed by atoms with Gasteiger partial charge >= 0.3 is 0 Å². The normalized spacial score (nSPS) is 19.3. The molecule has 2 heterocycles. The van der Waals surface area contributed by atoms with Gasteiger partial charge in [-0.1, -0.05) is 11.6 Å². The maximum Gasteiger partial charge on any atom is 0.165 e. The molecule has 0 saturated carbocycles. The number of rotatable bonds is 3. The number of piperidine rings is 1. The lowest BCUT2D eigenvalue weighted by molar-refractivity contribution is -0.0332. The topological polar surface area (TPSA) is 52.5 Å². The SMILES string of the molecule is CN(c1ccc(-c2ccc(Cl)cc2O)nn1)N1C(C)(C)CCCC1(C)C. The molecule has 1 N–H and O–H groups in total. The Kier molecular flexibility index (Phi) is 4.88. The highest BCUT2D eigenvalue weighted by Gasteiger charge is 2.44. The molecule has 26 heavy (non-hydrogen) atoms. The van der Waals surface area contributed by atoms with E-state index in [0.717, 1.165) is 18.7 Å².